The van der Waals surface area contributed by atoms with E-state index in [1.807, 2.05) is 30.3 Å². The fraction of sp³-hybridized carbons (Fsp3) is 0. The maximum Gasteiger partial charge on any atom is 0.193 e. The zero-order chi connectivity index (χ0) is 16.2. The molecule has 3 aromatic rings. The summed E-state index contributed by atoms with van der Waals surface area (Å²) in [5.74, 6) is 1.05. The monoisotopic (exact) mass is 304 g/mol. The molecule has 114 valence electrons. The van der Waals surface area contributed by atoms with Crippen molar-refractivity contribution in [2.24, 2.45) is 0 Å². The Hall–Kier alpha value is -3.27. The van der Waals surface area contributed by atoms with Crippen molar-refractivity contribution in [3.8, 4) is 11.5 Å². The summed E-state index contributed by atoms with van der Waals surface area (Å²) < 4.78 is 5.75. The Morgan fingerprint density at radius 2 is 1.43 bits per heavy atom. The number of hydrogen-bond acceptors (Lipinski definition) is 4. The molecule has 0 unspecified atom stereocenters. The van der Waals surface area contributed by atoms with Crippen LogP contribution in [0.5, 0.6) is 11.5 Å². The normalized spacial score (nSPS) is 10.3. The molecule has 0 amide bonds. The Bertz CT molecular complexity index is 845. The number of hydrogen-bond donors (Lipinski definition) is 2. The first kappa shape index (κ1) is 14.7. The molecule has 4 N–H and O–H groups in total. The predicted molar refractivity (Wildman–Crippen MR) is 91.7 cm³/mol. The zero-order valence-electron chi connectivity index (χ0n) is 12.4. The van der Waals surface area contributed by atoms with Gasteiger partial charge < -0.3 is 16.2 Å². The minimum Gasteiger partial charge on any atom is -0.457 e. The number of carbonyl (C=O) groups is 1. The highest BCUT2D eigenvalue weighted by Crippen LogP contribution is 2.26. The standard InChI is InChI=1S/C19H16N2O2/c20-15-6-4-5-13(9-15)19(22)14-10-16(21)12-18(11-14)23-17-7-2-1-3-8-17/h1-12H,20-21H2. The second-order valence-electron chi connectivity index (χ2n) is 5.16. The SMILES string of the molecule is Nc1cccc(C(=O)c2cc(N)cc(Oc3ccccc3)c2)c1. The van der Waals surface area contributed by atoms with Gasteiger partial charge in [0.15, 0.2) is 5.78 Å². The van der Waals surface area contributed by atoms with Gasteiger partial charge in [0, 0.05) is 28.6 Å². The molecule has 0 aromatic heterocycles. The molecule has 0 saturated heterocycles. The third-order valence-corrected chi connectivity index (χ3v) is 3.32. The quantitative estimate of drug-likeness (QED) is 0.566. The molecule has 0 aliphatic heterocycles. The molecule has 0 saturated carbocycles. The molecule has 0 fully saturated rings. The lowest BCUT2D eigenvalue weighted by molar-refractivity contribution is 0.103. The number of nitrogen functional groups attached to an aromatic ring is 2. The first-order valence-corrected chi connectivity index (χ1v) is 7.15. The van der Waals surface area contributed by atoms with Crippen molar-refractivity contribution < 1.29 is 9.53 Å². The lowest BCUT2D eigenvalue weighted by Crippen LogP contribution is -2.03. The fourth-order valence-corrected chi connectivity index (χ4v) is 2.28. The Kier molecular flexibility index (Phi) is 3.97. The van der Waals surface area contributed by atoms with E-state index in [0.717, 1.165) is 0 Å². The average molecular weight is 304 g/mol. The van der Waals surface area contributed by atoms with Gasteiger partial charge in [-0.2, -0.15) is 0 Å². The molecule has 0 aliphatic rings. The van der Waals surface area contributed by atoms with Crippen LogP contribution in [0, 0.1) is 0 Å². The van der Waals surface area contributed by atoms with E-state index in [0.29, 0.717) is 34.0 Å². The van der Waals surface area contributed by atoms with Crippen LogP contribution in [0.1, 0.15) is 15.9 Å². The van der Waals surface area contributed by atoms with Crippen molar-refractivity contribution in [1.29, 1.82) is 0 Å². The predicted octanol–water partition coefficient (Wildman–Crippen LogP) is 3.87. The van der Waals surface area contributed by atoms with Crippen LogP contribution in [0.4, 0.5) is 11.4 Å². The molecule has 3 rings (SSSR count). The van der Waals surface area contributed by atoms with Gasteiger partial charge in [0.1, 0.15) is 11.5 Å². The van der Waals surface area contributed by atoms with E-state index in [1.54, 1.807) is 42.5 Å². The van der Waals surface area contributed by atoms with Crippen LogP contribution in [-0.4, -0.2) is 5.78 Å². The molecule has 4 nitrogen and oxygen atoms in total. The largest absolute Gasteiger partial charge is 0.457 e. The van der Waals surface area contributed by atoms with Gasteiger partial charge in [-0.1, -0.05) is 30.3 Å². The Morgan fingerprint density at radius 3 is 2.17 bits per heavy atom. The summed E-state index contributed by atoms with van der Waals surface area (Å²) in [6.07, 6.45) is 0. The maximum atomic E-state index is 12.6. The summed E-state index contributed by atoms with van der Waals surface area (Å²) in [5, 5.41) is 0. The van der Waals surface area contributed by atoms with E-state index < -0.39 is 0 Å². The van der Waals surface area contributed by atoms with Gasteiger partial charge in [-0.25, -0.2) is 0 Å². The van der Waals surface area contributed by atoms with Gasteiger partial charge >= 0.3 is 0 Å². The topological polar surface area (TPSA) is 78.3 Å². The van der Waals surface area contributed by atoms with E-state index in [1.165, 1.54) is 0 Å². The fourth-order valence-electron chi connectivity index (χ4n) is 2.28. The average Bonchev–Trinajstić information content (AvgIpc) is 2.54. The van der Waals surface area contributed by atoms with Crippen LogP contribution in [0.15, 0.2) is 72.8 Å². The molecule has 0 spiro atoms. The van der Waals surface area contributed by atoms with Crippen LogP contribution in [-0.2, 0) is 0 Å². The van der Waals surface area contributed by atoms with Gasteiger partial charge in [0.25, 0.3) is 0 Å². The van der Waals surface area contributed by atoms with Gasteiger partial charge in [-0.15, -0.1) is 0 Å². The van der Waals surface area contributed by atoms with Crippen LogP contribution in [0.2, 0.25) is 0 Å². The second-order valence-corrected chi connectivity index (χ2v) is 5.16. The zero-order valence-corrected chi connectivity index (χ0v) is 12.4. The summed E-state index contributed by atoms with van der Waals surface area (Å²) in [6, 6.07) is 21.2. The Balaban J connectivity index is 1.92. The number of para-hydroxylation sites is 1. The van der Waals surface area contributed by atoms with Gasteiger partial charge in [-0.3, -0.25) is 4.79 Å². The molecule has 0 bridgehead atoms. The third kappa shape index (κ3) is 3.49. The van der Waals surface area contributed by atoms with Crippen molar-refractivity contribution >= 4 is 17.2 Å². The Labute approximate surface area is 134 Å². The number of nitrogens with two attached hydrogens (primary N) is 2. The number of rotatable bonds is 4. The molecular formula is C19H16N2O2. The van der Waals surface area contributed by atoms with E-state index in [2.05, 4.69) is 0 Å². The summed E-state index contributed by atoms with van der Waals surface area (Å²) in [6.45, 7) is 0. The minimum atomic E-state index is -0.150. The van der Waals surface area contributed by atoms with Crippen molar-refractivity contribution in [3.05, 3.63) is 83.9 Å². The van der Waals surface area contributed by atoms with Crippen LogP contribution in [0.3, 0.4) is 0 Å². The molecule has 0 radical (unpaired) electrons. The number of ketones is 1. The van der Waals surface area contributed by atoms with Gasteiger partial charge in [0.2, 0.25) is 0 Å². The molecule has 23 heavy (non-hydrogen) atoms. The van der Waals surface area contributed by atoms with E-state index in [-0.39, 0.29) is 5.78 Å². The number of benzene rings is 3. The number of anilines is 2. The highest BCUT2D eigenvalue weighted by molar-refractivity contribution is 6.10. The summed E-state index contributed by atoms with van der Waals surface area (Å²) in [5.41, 5.74) is 13.6. The first-order valence-electron chi connectivity index (χ1n) is 7.15. The molecule has 4 heteroatoms. The first-order chi connectivity index (χ1) is 11.1. The lowest BCUT2D eigenvalue weighted by atomic mass is 10.0. The van der Waals surface area contributed by atoms with Crippen molar-refractivity contribution in [3.63, 3.8) is 0 Å². The molecule has 0 aliphatic carbocycles. The van der Waals surface area contributed by atoms with E-state index in [4.69, 9.17) is 16.2 Å². The molecule has 0 heterocycles. The third-order valence-electron chi connectivity index (χ3n) is 3.32. The van der Waals surface area contributed by atoms with Crippen LogP contribution in [0.25, 0.3) is 0 Å². The summed E-state index contributed by atoms with van der Waals surface area (Å²) >= 11 is 0. The highest BCUT2D eigenvalue weighted by Gasteiger charge is 2.12. The molecule has 0 atom stereocenters. The van der Waals surface area contributed by atoms with Crippen molar-refractivity contribution in [1.82, 2.24) is 0 Å². The highest BCUT2D eigenvalue weighted by atomic mass is 16.5. The number of ether oxygens (including phenoxy) is 1. The maximum absolute atomic E-state index is 12.6. The van der Waals surface area contributed by atoms with Crippen molar-refractivity contribution in [2.45, 2.75) is 0 Å². The van der Waals surface area contributed by atoms with Gasteiger partial charge in [-0.05, 0) is 36.4 Å². The summed E-state index contributed by atoms with van der Waals surface area (Å²) in [7, 11) is 0. The van der Waals surface area contributed by atoms with Crippen LogP contribution >= 0.6 is 0 Å². The van der Waals surface area contributed by atoms with E-state index >= 15 is 0 Å². The lowest BCUT2D eigenvalue weighted by Gasteiger charge is -2.09. The smallest absolute Gasteiger partial charge is 0.193 e. The van der Waals surface area contributed by atoms with Gasteiger partial charge in [0.05, 0.1) is 0 Å². The number of carbonyl (C=O) groups excluding carboxylic acids is 1. The van der Waals surface area contributed by atoms with Crippen LogP contribution < -0.4 is 16.2 Å². The Morgan fingerprint density at radius 1 is 0.696 bits per heavy atom. The summed E-state index contributed by atoms with van der Waals surface area (Å²) in [4.78, 5) is 12.6. The van der Waals surface area contributed by atoms with E-state index in [9.17, 15) is 4.79 Å². The minimum absolute atomic E-state index is 0.150. The molecular weight excluding hydrogens is 288 g/mol. The second kappa shape index (κ2) is 6.23. The molecule has 3 aromatic carbocycles. The van der Waals surface area contributed by atoms with Crippen molar-refractivity contribution in [2.75, 3.05) is 11.5 Å².